The number of hydrogen-bond acceptors (Lipinski definition) is 5. The molecule has 0 spiro atoms. The first-order valence-corrected chi connectivity index (χ1v) is 8.63. The highest BCUT2D eigenvalue weighted by Gasteiger charge is 2.27. The van der Waals surface area contributed by atoms with Crippen molar-refractivity contribution in [3.63, 3.8) is 0 Å². The van der Waals surface area contributed by atoms with Crippen molar-refractivity contribution >= 4 is 28.4 Å². The summed E-state index contributed by atoms with van der Waals surface area (Å²) in [4.78, 5) is 14.4. The van der Waals surface area contributed by atoms with E-state index in [4.69, 9.17) is 9.97 Å². The van der Waals surface area contributed by atoms with Crippen molar-refractivity contribution in [3.8, 4) is 0 Å². The minimum Gasteiger partial charge on any atom is -0.372 e. The Bertz CT molecular complexity index is 491. The van der Waals surface area contributed by atoms with E-state index in [1.807, 2.05) is 7.05 Å². The van der Waals surface area contributed by atoms with Crippen LogP contribution in [-0.2, 0) is 6.42 Å². The molecular formula is C15H26IN5. The lowest BCUT2D eigenvalue weighted by atomic mass is 10.1. The van der Waals surface area contributed by atoms with Gasteiger partial charge in [-0.15, -0.1) is 0 Å². The van der Waals surface area contributed by atoms with E-state index in [2.05, 4.69) is 65.7 Å². The van der Waals surface area contributed by atoms with Gasteiger partial charge in [-0.2, -0.15) is 0 Å². The molecule has 1 aromatic rings. The van der Waals surface area contributed by atoms with Gasteiger partial charge in [-0.1, -0.05) is 13.8 Å². The normalized spacial score (nSPS) is 21.0. The quantitative estimate of drug-likeness (QED) is 0.782. The maximum Gasteiger partial charge on any atom is 0.149 e. The monoisotopic (exact) mass is 403 g/mol. The van der Waals surface area contributed by atoms with Crippen LogP contribution < -0.4 is 5.32 Å². The molecule has 2 heterocycles. The first kappa shape index (κ1) is 16.9. The molecule has 5 nitrogen and oxygen atoms in total. The van der Waals surface area contributed by atoms with E-state index in [9.17, 15) is 0 Å². The highest BCUT2D eigenvalue weighted by atomic mass is 127. The maximum atomic E-state index is 4.90. The van der Waals surface area contributed by atoms with Gasteiger partial charge in [-0.05, 0) is 49.0 Å². The van der Waals surface area contributed by atoms with E-state index < -0.39 is 0 Å². The van der Waals surface area contributed by atoms with Crippen molar-refractivity contribution in [1.29, 1.82) is 0 Å². The zero-order valence-corrected chi connectivity index (χ0v) is 15.8. The molecule has 1 unspecified atom stereocenters. The Morgan fingerprint density at radius 3 is 2.62 bits per heavy atom. The minimum atomic E-state index is 0.277. The lowest BCUT2D eigenvalue weighted by Crippen LogP contribution is -2.45. The minimum absolute atomic E-state index is 0.277. The average Bonchev–Trinajstić information content (AvgIpc) is 2.43. The summed E-state index contributed by atoms with van der Waals surface area (Å²) in [7, 11) is 6.27. The van der Waals surface area contributed by atoms with Gasteiger partial charge in [0.25, 0.3) is 0 Å². The van der Waals surface area contributed by atoms with Crippen LogP contribution in [0.1, 0.15) is 31.4 Å². The Labute approximate surface area is 141 Å². The molecule has 0 radical (unpaired) electrons. The summed E-state index contributed by atoms with van der Waals surface area (Å²) in [5, 5.41) is 3.22. The molecule has 118 valence electrons. The Kier molecular flexibility index (Phi) is 5.79. The van der Waals surface area contributed by atoms with Crippen molar-refractivity contribution in [2.45, 2.75) is 26.3 Å². The highest BCUT2D eigenvalue weighted by molar-refractivity contribution is 14.1. The molecule has 1 aliphatic heterocycles. The lowest BCUT2D eigenvalue weighted by Gasteiger charge is -2.37. The third-order valence-corrected chi connectivity index (χ3v) is 5.06. The number of nitrogens with zero attached hydrogens (tertiary/aromatic N) is 4. The number of likely N-dealkylation sites (N-methyl/N-ethyl adjacent to an activating group) is 2. The Morgan fingerprint density at radius 1 is 1.29 bits per heavy atom. The summed E-state index contributed by atoms with van der Waals surface area (Å²) in [6.07, 6.45) is 0.995. The van der Waals surface area contributed by atoms with Crippen LogP contribution in [0.4, 0.5) is 5.82 Å². The molecule has 1 aromatic heterocycles. The Balaban J connectivity index is 2.38. The van der Waals surface area contributed by atoms with Crippen LogP contribution in [-0.4, -0.2) is 60.5 Å². The molecular weight excluding hydrogens is 377 g/mol. The number of anilines is 1. The second-order valence-electron chi connectivity index (χ2n) is 6.30. The third-order valence-electron chi connectivity index (χ3n) is 3.92. The zero-order valence-electron chi connectivity index (χ0n) is 13.6. The second kappa shape index (κ2) is 7.19. The topological polar surface area (TPSA) is 44.3 Å². The van der Waals surface area contributed by atoms with Gasteiger partial charge in [0.1, 0.15) is 11.6 Å². The smallest absolute Gasteiger partial charge is 0.149 e. The van der Waals surface area contributed by atoms with Gasteiger partial charge in [0.05, 0.1) is 15.3 Å². The van der Waals surface area contributed by atoms with E-state index in [0.717, 1.165) is 41.3 Å². The molecule has 21 heavy (non-hydrogen) atoms. The fourth-order valence-corrected chi connectivity index (χ4v) is 3.37. The molecule has 2 rings (SSSR count). The van der Waals surface area contributed by atoms with E-state index in [1.165, 1.54) is 5.69 Å². The standard InChI is InChI=1S/C15H26IN5/c1-10(2)8-11-13(16)15(17-3)19-14(18-11)12-9-20(4)6-7-21(12)5/h10,12H,6-9H2,1-5H3,(H,17,18,19). The Hall–Kier alpha value is -0.470. The SMILES string of the molecule is CNc1nc(C2CN(C)CCN2C)nc(CC(C)C)c1I. The second-order valence-corrected chi connectivity index (χ2v) is 7.38. The largest absolute Gasteiger partial charge is 0.372 e. The van der Waals surface area contributed by atoms with Gasteiger partial charge >= 0.3 is 0 Å². The highest BCUT2D eigenvalue weighted by Crippen LogP contribution is 2.26. The van der Waals surface area contributed by atoms with Crippen molar-refractivity contribution in [1.82, 2.24) is 19.8 Å². The summed E-state index contributed by atoms with van der Waals surface area (Å²) in [6, 6.07) is 0.277. The summed E-state index contributed by atoms with van der Waals surface area (Å²) >= 11 is 2.36. The fourth-order valence-electron chi connectivity index (χ4n) is 2.64. The average molecular weight is 403 g/mol. The van der Waals surface area contributed by atoms with Crippen molar-refractivity contribution in [3.05, 3.63) is 15.1 Å². The predicted molar refractivity (Wildman–Crippen MR) is 95.7 cm³/mol. The number of rotatable bonds is 4. The summed E-state index contributed by atoms with van der Waals surface area (Å²) in [6.45, 7) is 7.62. The number of halogens is 1. The van der Waals surface area contributed by atoms with Crippen LogP contribution in [0, 0.1) is 9.49 Å². The lowest BCUT2D eigenvalue weighted by molar-refractivity contribution is 0.109. The van der Waals surface area contributed by atoms with Crippen LogP contribution in [0.2, 0.25) is 0 Å². The number of hydrogen-bond donors (Lipinski definition) is 1. The van der Waals surface area contributed by atoms with Crippen molar-refractivity contribution in [2.75, 3.05) is 46.1 Å². The van der Waals surface area contributed by atoms with Crippen molar-refractivity contribution < 1.29 is 0 Å². The fraction of sp³-hybridized carbons (Fsp3) is 0.733. The van der Waals surface area contributed by atoms with Crippen LogP contribution in [0.15, 0.2) is 0 Å². The van der Waals surface area contributed by atoms with Crippen LogP contribution in [0.5, 0.6) is 0 Å². The van der Waals surface area contributed by atoms with Crippen LogP contribution in [0.3, 0.4) is 0 Å². The first-order valence-electron chi connectivity index (χ1n) is 7.55. The van der Waals surface area contributed by atoms with Crippen LogP contribution in [0.25, 0.3) is 0 Å². The van der Waals surface area contributed by atoms with Gasteiger partial charge in [0, 0.05) is 26.7 Å². The third kappa shape index (κ3) is 4.04. The molecule has 0 amide bonds. The molecule has 0 saturated carbocycles. The zero-order chi connectivity index (χ0) is 15.6. The van der Waals surface area contributed by atoms with Gasteiger partial charge < -0.3 is 10.2 Å². The van der Waals surface area contributed by atoms with Gasteiger partial charge in [0.15, 0.2) is 0 Å². The molecule has 6 heteroatoms. The molecule has 0 bridgehead atoms. The van der Waals surface area contributed by atoms with E-state index in [0.29, 0.717) is 5.92 Å². The number of piperazine rings is 1. The summed E-state index contributed by atoms with van der Waals surface area (Å²) in [5.41, 5.74) is 1.17. The maximum absolute atomic E-state index is 4.90. The number of nitrogens with one attached hydrogen (secondary N) is 1. The van der Waals surface area contributed by atoms with Gasteiger partial charge in [0.2, 0.25) is 0 Å². The molecule has 0 aromatic carbocycles. The van der Waals surface area contributed by atoms with Crippen molar-refractivity contribution in [2.24, 2.45) is 5.92 Å². The van der Waals surface area contributed by atoms with Crippen LogP contribution >= 0.6 is 22.6 Å². The molecule has 1 N–H and O–H groups in total. The molecule has 1 fully saturated rings. The van der Waals surface area contributed by atoms with Gasteiger partial charge in [-0.3, -0.25) is 4.90 Å². The molecule has 1 aliphatic rings. The summed E-state index contributed by atoms with van der Waals surface area (Å²) in [5.74, 6) is 2.50. The molecule has 1 saturated heterocycles. The van der Waals surface area contributed by atoms with Gasteiger partial charge in [-0.25, -0.2) is 9.97 Å². The van der Waals surface area contributed by atoms with E-state index in [-0.39, 0.29) is 6.04 Å². The summed E-state index contributed by atoms with van der Waals surface area (Å²) < 4.78 is 1.15. The van der Waals surface area contributed by atoms with E-state index in [1.54, 1.807) is 0 Å². The molecule has 1 atom stereocenters. The number of aromatic nitrogens is 2. The molecule has 0 aliphatic carbocycles. The predicted octanol–water partition coefficient (Wildman–Crippen LogP) is 2.24. The van der Waals surface area contributed by atoms with E-state index >= 15 is 0 Å². The first-order chi connectivity index (χ1) is 9.92. The Morgan fingerprint density at radius 2 is 2.00 bits per heavy atom.